The van der Waals surface area contributed by atoms with Crippen LogP contribution in [-0.4, -0.2) is 34.4 Å². The summed E-state index contributed by atoms with van der Waals surface area (Å²) in [6.07, 6.45) is 7.85. The summed E-state index contributed by atoms with van der Waals surface area (Å²) in [5.74, 6) is 1.94. The molecular formula is C26H30N4O3. The fraction of sp³-hybridized carbons (Fsp3) is 0.538. The molecule has 1 aliphatic heterocycles. The van der Waals surface area contributed by atoms with E-state index in [2.05, 4.69) is 34.2 Å². The SMILES string of the molecule is COC(=O)C12CC3CC(C1)CC(c1ccc(C4=Nc5c(N)ncnc5OC4(C)C)cc1)(C3)C2. The number of hydrogen-bond donors (Lipinski definition) is 1. The number of benzene rings is 1. The molecule has 4 saturated carbocycles. The number of anilines is 1. The van der Waals surface area contributed by atoms with Crippen LogP contribution in [-0.2, 0) is 14.9 Å². The van der Waals surface area contributed by atoms with Gasteiger partial charge in [0, 0.05) is 5.56 Å². The summed E-state index contributed by atoms with van der Waals surface area (Å²) in [5, 5.41) is 0. The molecule has 2 unspecified atom stereocenters. The van der Waals surface area contributed by atoms with E-state index in [9.17, 15) is 4.79 Å². The molecule has 0 amide bonds. The van der Waals surface area contributed by atoms with Gasteiger partial charge in [-0.3, -0.25) is 4.79 Å². The van der Waals surface area contributed by atoms with Crippen LogP contribution in [0.5, 0.6) is 5.88 Å². The predicted molar refractivity (Wildman–Crippen MR) is 125 cm³/mol. The van der Waals surface area contributed by atoms with Gasteiger partial charge in [0.25, 0.3) is 0 Å². The molecule has 0 radical (unpaired) electrons. The van der Waals surface area contributed by atoms with E-state index in [1.165, 1.54) is 38.3 Å². The molecule has 172 valence electrons. The highest BCUT2D eigenvalue weighted by molar-refractivity contribution is 6.09. The minimum Gasteiger partial charge on any atom is -0.469 e. The molecule has 2 atom stereocenters. The van der Waals surface area contributed by atoms with Gasteiger partial charge in [-0.2, -0.15) is 4.98 Å². The number of rotatable bonds is 3. The Bertz CT molecular complexity index is 1160. The number of nitrogens with zero attached hydrogens (tertiary/aromatic N) is 3. The van der Waals surface area contributed by atoms with Gasteiger partial charge in [-0.25, -0.2) is 9.98 Å². The molecule has 0 saturated heterocycles. The fourth-order valence-corrected chi connectivity index (χ4v) is 7.54. The van der Waals surface area contributed by atoms with E-state index in [1.54, 1.807) is 0 Å². The Morgan fingerprint density at radius 3 is 2.45 bits per heavy atom. The second kappa shape index (κ2) is 6.78. The maximum absolute atomic E-state index is 12.8. The van der Waals surface area contributed by atoms with Crippen molar-refractivity contribution in [3.63, 3.8) is 0 Å². The molecule has 4 bridgehead atoms. The van der Waals surface area contributed by atoms with Gasteiger partial charge in [-0.15, -0.1) is 0 Å². The standard InChI is InChI=1S/C26H30N4O3/c1-24(2)20(30-19-21(27)28-14-29-22(19)33-24)17-4-6-18(7-5-17)25-9-15-8-16(10-25)12-26(11-15,13-25)23(31)32-3/h4-7,14-16H,8-13H2,1-3H3,(H2,27,28,29). The molecule has 33 heavy (non-hydrogen) atoms. The lowest BCUT2D eigenvalue weighted by atomic mass is 9.43. The van der Waals surface area contributed by atoms with Crippen LogP contribution >= 0.6 is 0 Å². The highest BCUT2D eigenvalue weighted by atomic mass is 16.5. The largest absolute Gasteiger partial charge is 0.469 e. The van der Waals surface area contributed by atoms with Gasteiger partial charge in [0.15, 0.2) is 11.5 Å². The maximum Gasteiger partial charge on any atom is 0.311 e. The van der Waals surface area contributed by atoms with Gasteiger partial charge in [-0.1, -0.05) is 24.3 Å². The zero-order chi connectivity index (χ0) is 23.0. The third-order valence-electron chi connectivity index (χ3n) is 8.41. The van der Waals surface area contributed by atoms with Gasteiger partial charge in [0.1, 0.15) is 11.9 Å². The number of aliphatic imine (C=N–C) groups is 1. The number of carbonyl (C=O) groups excluding carboxylic acids is 1. The first kappa shape index (κ1) is 20.6. The smallest absolute Gasteiger partial charge is 0.311 e. The van der Waals surface area contributed by atoms with Crippen molar-refractivity contribution in [2.24, 2.45) is 22.2 Å². The Morgan fingerprint density at radius 2 is 1.79 bits per heavy atom. The van der Waals surface area contributed by atoms with Crippen molar-refractivity contribution in [2.75, 3.05) is 12.8 Å². The number of aromatic nitrogens is 2. The number of nitrogens with two attached hydrogens (primary N) is 1. The maximum atomic E-state index is 12.8. The summed E-state index contributed by atoms with van der Waals surface area (Å²) in [6.45, 7) is 3.97. The van der Waals surface area contributed by atoms with E-state index in [0.717, 1.165) is 30.5 Å². The summed E-state index contributed by atoms with van der Waals surface area (Å²) < 4.78 is 11.4. The first-order chi connectivity index (χ1) is 15.7. The molecule has 7 rings (SSSR count). The average molecular weight is 447 g/mol. The minimum absolute atomic E-state index is 0.00784. The summed E-state index contributed by atoms with van der Waals surface area (Å²) in [7, 11) is 1.53. The Kier molecular flexibility index (Phi) is 4.24. The van der Waals surface area contributed by atoms with E-state index in [0.29, 0.717) is 29.2 Å². The van der Waals surface area contributed by atoms with Crippen LogP contribution in [0.2, 0.25) is 0 Å². The lowest BCUT2D eigenvalue weighted by molar-refractivity contribution is -0.171. The van der Waals surface area contributed by atoms with Gasteiger partial charge >= 0.3 is 5.97 Å². The molecule has 7 heteroatoms. The number of nitrogen functional groups attached to an aromatic ring is 1. The molecule has 2 heterocycles. The number of methoxy groups -OCH3 is 1. The Balaban J connectivity index is 1.37. The normalized spacial score (nSPS) is 33.1. The Morgan fingerprint density at radius 1 is 1.09 bits per heavy atom. The van der Waals surface area contributed by atoms with Crippen LogP contribution in [0.1, 0.15) is 63.5 Å². The van der Waals surface area contributed by atoms with Gasteiger partial charge in [0.05, 0.1) is 18.2 Å². The highest BCUT2D eigenvalue weighted by Gasteiger charge is 2.61. The number of carbonyl (C=O) groups is 1. The van der Waals surface area contributed by atoms with Crippen LogP contribution in [0.25, 0.3) is 0 Å². The molecule has 7 nitrogen and oxygen atoms in total. The number of esters is 1. The van der Waals surface area contributed by atoms with Crippen LogP contribution in [0.15, 0.2) is 35.6 Å². The summed E-state index contributed by atoms with van der Waals surface area (Å²) >= 11 is 0. The first-order valence-electron chi connectivity index (χ1n) is 11.8. The quantitative estimate of drug-likeness (QED) is 0.703. The highest BCUT2D eigenvalue weighted by Crippen LogP contribution is 2.66. The number of hydrogen-bond acceptors (Lipinski definition) is 7. The predicted octanol–water partition coefficient (Wildman–Crippen LogP) is 4.36. The van der Waals surface area contributed by atoms with E-state index in [4.69, 9.17) is 20.2 Å². The lowest BCUT2D eigenvalue weighted by Gasteiger charge is -2.61. The second-order valence-corrected chi connectivity index (χ2v) is 11.1. The van der Waals surface area contributed by atoms with Crippen molar-refractivity contribution in [1.29, 1.82) is 0 Å². The lowest BCUT2D eigenvalue weighted by Crippen LogP contribution is -2.57. The zero-order valence-electron chi connectivity index (χ0n) is 19.4. The fourth-order valence-electron chi connectivity index (χ4n) is 7.54. The van der Waals surface area contributed by atoms with Crippen molar-refractivity contribution in [3.05, 3.63) is 41.7 Å². The molecule has 2 N–H and O–H groups in total. The molecular weight excluding hydrogens is 416 g/mol. The summed E-state index contributed by atoms with van der Waals surface area (Å²) in [5.41, 5.74) is 8.75. The third kappa shape index (κ3) is 3.01. The van der Waals surface area contributed by atoms with Crippen molar-refractivity contribution in [3.8, 4) is 5.88 Å². The van der Waals surface area contributed by atoms with Crippen molar-refractivity contribution in [1.82, 2.24) is 9.97 Å². The molecule has 5 aliphatic rings. The Labute approximate surface area is 193 Å². The molecule has 0 spiro atoms. The monoisotopic (exact) mass is 446 g/mol. The van der Waals surface area contributed by atoms with Crippen LogP contribution in [0, 0.1) is 17.3 Å². The van der Waals surface area contributed by atoms with E-state index < -0.39 is 5.60 Å². The van der Waals surface area contributed by atoms with Crippen LogP contribution in [0.4, 0.5) is 11.5 Å². The van der Waals surface area contributed by atoms with Crippen molar-refractivity contribution in [2.45, 2.75) is 63.4 Å². The van der Waals surface area contributed by atoms with E-state index in [1.807, 2.05) is 13.8 Å². The first-order valence-corrected chi connectivity index (χ1v) is 11.8. The zero-order valence-corrected chi connectivity index (χ0v) is 19.4. The van der Waals surface area contributed by atoms with Gasteiger partial charge in [0.2, 0.25) is 5.88 Å². The third-order valence-corrected chi connectivity index (χ3v) is 8.41. The van der Waals surface area contributed by atoms with Crippen LogP contribution < -0.4 is 10.5 Å². The van der Waals surface area contributed by atoms with Crippen molar-refractivity contribution >= 4 is 23.2 Å². The molecule has 4 fully saturated rings. The summed E-state index contributed by atoms with van der Waals surface area (Å²) in [6, 6.07) is 8.72. The van der Waals surface area contributed by atoms with E-state index >= 15 is 0 Å². The average Bonchev–Trinajstić information content (AvgIpc) is 2.77. The Hall–Kier alpha value is -2.96. The summed E-state index contributed by atoms with van der Waals surface area (Å²) in [4.78, 5) is 25.9. The van der Waals surface area contributed by atoms with Gasteiger partial charge in [-0.05, 0) is 75.2 Å². The van der Waals surface area contributed by atoms with E-state index in [-0.39, 0.29) is 16.8 Å². The molecule has 1 aromatic carbocycles. The minimum atomic E-state index is -0.648. The van der Waals surface area contributed by atoms with Crippen molar-refractivity contribution < 1.29 is 14.3 Å². The second-order valence-electron chi connectivity index (χ2n) is 11.1. The molecule has 2 aromatic rings. The number of ether oxygens (including phenoxy) is 2. The van der Waals surface area contributed by atoms with Crippen LogP contribution in [0.3, 0.4) is 0 Å². The molecule has 1 aromatic heterocycles. The molecule has 4 aliphatic carbocycles. The topological polar surface area (TPSA) is 99.7 Å². The number of fused-ring (bicyclic) bond motifs is 1. The van der Waals surface area contributed by atoms with Gasteiger partial charge < -0.3 is 15.2 Å².